The molecule has 0 unspecified atom stereocenters. The van der Waals surface area contributed by atoms with E-state index in [2.05, 4.69) is 48.4 Å². The molecule has 0 radical (unpaired) electrons. The van der Waals surface area contributed by atoms with Crippen molar-refractivity contribution in [3.8, 4) is 11.3 Å². The summed E-state index contributed by atoms with van der Waals surface area (Å²) in [7, 11) is 0. The van der Waals surface area contributed by atoms with E-state index in [0.29, 0.717) is 6.54 Å². The molecule has 0 amide bonds. The number of thiazole rings is 1. The quantitative estimate of drug-likeness (QED) is 0.899. The van der Waals surface area contributed by atoms with Gasteiger partial charge < -0.3 is 10.6 Å². The Morgan fingerprint density at radius 1 is 1.17 bits per heavy atom. The zero-order valence-corrected chi connectivity index (χ0v) is 11.7. The Labute approximate surface area is 112 Å². The van der Waals surface area contributed by atoms with E-state index in [-0.39, 0.29) is 0 Å². The Hall–Kier alpha value is -1.39. The molecule has 2 N–H and O–H groups in total. The average Bonchev–Trinajstić information content (AvgIpc) is 2.90. The summed E-state index contributed by atoms with van der Waals surface area (Å²) in [6.07, 6.45) is 0. The Bertz CT molecular complexity index is 486. The number of nitrogens with zero attached hydrogens (tertiary/aromatic N) is 2. The van der Waals surface area contributed by atoms with Crippen molar-refractivity contribution < 1.29 is 0 Å². The zero-order chi connectivity index (χ0) is 13.0. The molecule has 0 aliphatic heterocycles. The van der Waals surface area contributed by atoms with Crippen LogP contribution in [0.3, 0.4) is 0 Å². The number of nitrogens with two attached hydrogens (primary N) is 1. The minimum absolute atomic E-state index is 0.585. The molecular weight excluding hydrogens is 242 g/mol. The van der Waals surface area contributed by atoms with Crippen molar-refractivity contribution >= 4 is 16.5 Å². The van der Waals surface area contributed by atoms with E-state index in [4.69, 9.17) is 10.7 Å². The van der Waals surface area contributed by atoms with E-state index < -0.39 is 0 Å². The van der Waals surface area contributed by atoms with Gasteiger partial charge in [0.05, 0.1) is 5.69 Å². The van der Waals surface area contributed by atoms with E-state index in [1.807, 2.05) is 0 Å². The van der Waals surface area contributed by atoms with Crippen LogP contribution < -0.4 is 10.6 Å². The second-order valence-corrected chi connectivity index (χ2v) is 4.93. The van der Waals surface area contributed by atoms with Gasteiger partial charge in [-0.25, -0.2) is 4.98 Å². The summed E-state index contributed by atoms with van der Waals surface area (Å²) in [4.78, 5) is 6.96. The van der Waals surface area contributed by atoms with Gasteiger partial charge in [-0.05, 0) is 19.4 Å². The van der Waals surface area contributed by atoms with Crippen LogP contribution in [-0.2, 0) is 6.54 Å². The molecule has 18 heavy (non-hydrogen) atoms. The van der Waals surface area contributed by atoms with Crippen LogP contribution in [0.5, 0.6) is 0 Å². The maximum atomic E-state index is 5.60. The maximum Gasteiger partial charge on any atom is 0.185 e. The highest BCUT2D eigenvalue weighted by Crippen LogP contribution is 2.27. The molecule has 3 nitrogen and oxygen atoms in total. The molecule has 0 saturated carbocycles. The fourth-order valence-corrected chi connectivity index (χ4v) is 2.81. The minimum Gasteiger partial charge on any atom is -0.349 e. The minimum atomic E-state index is 0.585. The molecule has 4 heteroatoms. The lowest BCUT2D eigenvalue weighted by molar-refractivity contribution is 0.860. The van der Waals surface area contributed by atoms with Gasteiger partial charge >= 0.3 is 0 Å². The van der Waals surface area contributed by atoms with Crippen LogP contribution >= 0.6 is 11.3 Å². The van der Waals surface area contributed by atoms with Crippen LogP contribution in [0.2, 0.25) is 0 Å². The molecule has 1 heterocycles. The predicted molar refractivity (Wildman–Crippen MR) is 79.0 cm³/mol. The highest BCUT2D eigenvalue weighted by atomic mass is 32.1. The highest BCUT2D eigenvalue weighted by Gasteiger charge is 2.08. The zero-order valence-electron chi connectivity index (χ0n) is 10.9. The van der Waals surface area contributed by atoms with Gasteiger partial charge in [-0.2, -0.15) is 0 Å². The molecular formula is C14H19N3S. The lowest BCUT2D eigenvalue weighted by Crippen LogP contribution is -2.21. The highest BCUT2D eigenvalue weighted by molar-refractivity contribution is 7.14. The molecule has 0 saturated heterocycles. The van der Waals surface area contributed by atoms with Crippen molar-refractivity contribution in [2.45, 2.75) is 20.4 Å². The van der Waals surface area contributed by atoms with Crippen molar-refractivity contribution in [3.63, 3.8) is 0 Å². The first-order valence-corrected chi connectivity index (χ1v) is 7.16. The third-order valence-corrected chi connectivity index (χ3v) is 3.91. The topological polar surface area (TPSA) is 42.2 Å². The second-order valence-electron chi connectivity index (χ2n) is 4.09. The summed E-state index contributed by atoms with van der Waals surface area (Å²) >= 11 is 1.70. The molecule has 0 fully saturated rings. The molecule has 0 spiro atoms. The normalized spacial score (nSPS) is 10.6. The number of benzene rings is 1. The Morgan fingerprint density at radius 3 is 2.39 bits per heavy atom. The van der Waals surface area contributed by atoms with Gasteiger partial charge in [0.15, 0.2) is 5.13 Å². The summed E-state index contributed by atoms with van der Waals surface area (Å²) in [5.41, 5.74) is 8.95. The lowest BCUT2D eigenvalue weighted by atomic mass is 10.1. The molecule has 0 aliphatic rings. The van der Waals surface area contributed by atoms with E-state index in [0.717, 1.165) is 35.0 Å². The molecule has 96 valence electrons. The number of hydrogen-bond donors (Lipinski definition) is 1. The second kappa shape index (κ2) is 5.98. The van der Waals surface area contributed by atoms with Crippen molar-refractivity contribution in [1.29, 1.82) is 0 Å². The number of hydrogen-bond acceptors (Lipinski definition) is 4. The van der Waals surface area contributed by atoms with E-state index in [1.165, 1.54) is 0 Å². The summed E-state index contributed by atoms with van der Waals surface area (Å²) in [6, 6.07) is 8.30. The maximum absolute atomic E-state index is 5.60. The average molecular weight is 261 g/mol. The van der Waals surface area contributed by atoms with Gasteiger partial charge in [0.2, 0.25) is 0 Å². The van der Waals surface area contributed by atoms with Crippen LogP contribution in [0.4, 0.5) is 5.13 Å². The lowest BCUT2D eigenvalue weighted by Gasteiger charge is -2.16. The fraction of sp³-hybridized carbons (Fsp3) is 0.357. The largest absolute Gasteiger partial charge is 0.349 e. The van der Waals surface area contributed by atoms with Gasteiger partial charge in [0.1, 0.15) is 0 Å². The van der Waals surface area contributed by atoms with Crippen LogP contribution in [0.15, 0.2) is 29.6 Å². The van der Waals surface area contributed by atoms with Crippen molar-refractivity contribution in [2.75, 3.05) is 18.0 Å². The molecule has 1 aromatic carbocycles. The van der Waals surface area contributed by atoms with E-state index >= 15 is 0 Å². The molecule has 0 bridgehead atoms. The Morgan fingerprint density at radius 2 is 1.83 bits per heavy atom. The van der Waals surface area contributed by atoms with Crippen LogP contribution in [0.25, 0.3) is 11.3 Å². The first kappa shape index (κ1) is 13.1. The molecule has 1 aromatic heterocycles. The van der Waals surface area contributed by atoms with Crippen LogP contribution in [0.1, 0.15) is 19.4 Å². The van der Waals surface area contributed by atoms with E-state index in [1.54, 1.807) is 11.3 Å². The SMILES string of the molecule is CCN(CC)c1nc(-c2ccc(CN)cc2)cs1. The predicted octanol–water partition coefficient (Wildman–Crippen LogP) is 3.12. The molecule has 0 aliphatic carbocycles. The van der Waals surface area contributed by atoms with Gasteiger partial charge in [-0.3, -0.25) is 0 Å². The van der Waals surface area contributed by atoms with Gasteiger partial charge in [0.25, 0.3) is 0 Å². The number of anilines is 1. The molecule has 2 aromatic rings. The van der Waals surface area contributed by atoms with Crippen molar-refractivity contribution in [1.82, 2.24) is 4.98 Å². The van der Waals surface area contributed by atoms with Crippen LogP contribution in [0, 0.1) is 0 Å². The van der Waals surface area contributed by atoms with Crippen molar-refractivity contribution in [2.24, 2.45) is 5.73 Å². The summed E-state index contributed by atoms with van der Waals surface area (Å²) in [5.74, 6) is 0. The molecule has 2 rings (SSSR count). The third-order valence-electron chi connectivity index (χ3n) is 3.01. The summed E-state index contributed by atoms with van der Waals surface area (Å²) in [6.45, 7) is 6.88. The monoisotopic (exact) mass is 261 g/mol. The summed E-state index contributed by atoms with van der Waals surface area (Å²) < 4.78 is 0. The fourth-order valence-electron chi connectivity index (χ4n) is 1.85. The van der Waals surface area contributed by atoms with Crippen LogP contribution in [-0.4, -0.2) is 18.1 Å². The standard InChI is InChI=1S/C14H19N3S/c1-3-17(4-2)14-16-13(10-18-14)12-7-5-11(9-15)6-8-12/h5-8,10H,3-4,9,15H2,1-2H3. The van der Waals surface area contributed by atoms with Crippen molar-refractivity contribution in [3.05, 3.63) is 35.2 Å². The Kier molecular flexibility index (Phi) is 4.33. The number of aromatic nitrogens is 1. The first-order valence-electron chi connectivity index (χ1n) is 6.28. The van der Waals surface area contributed by atoms with E-state index in [9.17, 15) is 0 Å². The summed E-state index contributed by atoms with van der Waals surface area (Å²) in [5, 5.41) is 3.21. The first-order chi connectivity index (χ1) is 8.78. The Balaban J connectivity index is 2.23. The smallest absolute Gasteiger partial charge is 0.185 e. The molecule has 0 atom stereocenters. The van der Waals surface area contributed by atoms with Gasteiger partial charge in [0, 0.05) is 30.6 Å². The van der Waals surface area contributed by atoms with Gasteiger partial charge in [-0.1, -0.05) is 24.3 Å². The number of rotatable bonds is 5. The third kappa shape index (κ3) is 2.71. The van der Waals surface area contributed by atoms with Gasteiger partial charge in [-0.15, -0.1) is 11.3 Å².